The van der Waals surface area contributed by atoms with Crippen LogP contribution in [0.5, 0.6) is 0 Å². The van der Waals surface area contributed by atoms with Gasteiger partial charge >= 0.3 is 0 Å². The molecule has 1 aliphatic carbocycles. The predicted octanol–water partition coefficient (Wildman–Crippen LogP) is 4.92. The van der Waals surface area contributed by atoms with Gasteiger partial charge in [0, 0.05) is 24.4 Å². The molecule has 0 aliphatic heterocycles. The molecule has 0 bridgehead atoms. The largest absolute Gasteiger partial charge is 0.397 e. The van der Waals surface area contributed by atoms with Crippen molar-refractivity contribution in [2.45, 2.75) is 45.1 Å². The van der Waals surface area contributed by atoms with Gasteiger partial charge < -0.3 is 10.4 Å². The molecule has 0 saturated heterocycles. The number of aliphatic hydroxyl groups is 1. The molecule has 2 N–H and O–H groups in total. The number of nitrogens with zero attached hydrogens (tertiary/aromatic N) is 4. The van der Waals surface area contributed by atoms with Crippen LogP contribution in [-0.4, -0.2) is 37.4 Å². The molecule has 3 heterocycles. The standard InChI is InChI=1S/C18H18BrN5OS.C2H6O/c19-18-22-15(11-26-18)17(25)21-14-10-24(12-6-2-1-3-7-12)23-16(14)13-8-4-5-9-20-13;1-2-3/h4-5,8-12H,1-3,6-7H2,(H,21,25);3H,2H2,1H3. The highest BCUT2D eigenvalue weighted by molar-refractivity contribution is 9.11. The summed E-state index contributed by atoms with van der Waals surface area (Å²) in [7, 11) is 0. The number of amides is 1. The molecule has 3 aromatic heterocycles. The van der Waals surface area contributed by atoms with Gasteiger partial charge in [0.05, 0.1) is 17.4 Å². The monoisotopic (exact) mass is 477 g/mol. The molecule has 1 aliphatic rings. The lowest BCUT2D eigenvalue weighted by molar-refractivity contribution is 0.102. The summed E-state index contributed by atoms with van der Waals surface area (Å²) in [6, 6.07) is 6.07. The van der Waals surface area contributed by atoms with Crippen molar-refractivity contribution in [3.63, 3.8) is 0 Å². The van der Waals surface area contributed by atoms with Gasteiger partial charge in [-0.05, 0) is 47.8 Å². The summed E-state index contributed by atoms with van der Waals surface area (Å²) in [5.74, 6) is -0.243. The topological polar surface area (TPSA) is 92.9 Å². The van der Waals surface area contributed by atoms with Crippen LogP contribution in [0.25, 0.3) is 11.4 Å². The van der Waals surface area contributed by atoms with E-state index >= 15 is 0 Å². The lowest BCUT2D eigenvalue weighted by Gasteiger charge is -2.21. The van der Waals surface area contributed by atoms with Gasteiger partial charge in [0.25, 0.3) is 5.91 Å². The Hall–Kier alpha value is -2.10. The maximum absolute atomic E-state index is 12.6. The molecule has 1 saturated carbocycles. The molecule has 29 heavy (non-hydrogen) atoms. The zero-order valence-electron chi connectivity index (χ0n) is 16.2. The number of pyridine rings is 1. The van der Waals surface area contributed by atoms with E-state index in [1.807, 2.05) is 29.1 Å². The minimum absolute atomic E-state index is 0.243. The smallest absolute Gasteiger partial charge is 0.275 e. The Balaban J connectivity index is 0.000000755. The third-order valence-corrected chi connectivity index (χ3v) is 5.91. The summed E-state index contributed by atoms with van der Waals surface area (Å²) >= 11 is 4.68. The summed E-state index contributed by atoms with van der Waals surface area (Å²) in [6.07, 6.45) is 9.63. The SMILES string of the molecule is CCO.O=C(Nc1cn(C2CCCCC2)nc1-c1ccccn1)c1csc(Br)n1. The highest BCUT2D eigenvalue weighted by Gasteiger charge is 2.22. The van der Waals surface area contributed by atoms with E-state index in [2.05, 4.69) is 31.2 Å². The predicted molar refractivity (Wildman–Crippen MR) is 118 cm³/mol. The van der Waals surface area contributed by atoms with Gasteiger partial charge in [0.2, 0.25) is 0 Å². The zero-order valence-corrected chi connectivity index (χ0v) is 18.6. The van der Waals surface area contributed by atoms with Crippen LogP contribution >= 0.6 is 27.3 Å². The number of halogens is 1. The molecular weight excluding hydrogens is 454 g/mol. The van der Waals surface area contributed by atoms with Crippen molar-refractivity contribution in [3.05, 3.63) is 45.6 Å². The second-order valence-electron chi connectivity index (χ2n) is 6.63. The highest BCUT2D eigenvalue weighted by Crippen LogP contribution is 2.32. The number of hydrogen-bond donors (Lipinski definition) is 2. The number of aromatic nitrogens is 4. The van der Waals surface area contributed by atoms with E-state index in [0.717, 1.165) is 18.5 Å². The number of carbonyl (C=O) groups is 1. The molecule has 1 fully saturated rings. The number of rotatable bonds is 4. The number of aliphatic hydroxyl groups excluding tert-OH is 1. The van der Waals surface area contributed by atoms with Crippen LogP contribution in [0.15, 0.2) is 39.9 Å². The second kappa shape index (κ2) is 10.6. The Bertz CT molecular complexity index is 922. The maximum atomic E-state index is 12.6. The number of thiazole rings is 1. The summed E-state index contributed by atoms with van der Waals surface area (Å²) in [6.45, 7) is 1.93. The number of anilines is 1. The van der Waals surface area contributed by atoms with Crippen LogP contribution in [-0.2, 0) is 0 Å². The Kier molecular flexibility index (Phi) is 7.91. The molecule has 0 unspecified atom stereocenters. The minimum atomic E-state index is -0.243. The Morgan fingerprint density at radius 3 is 2.72 bits per heavy atom. The van der Waals surface area contributed by atoms with Gasteiger partial charge in [-0.2, -0.15) is 5.10 Å². The first-order valence-corrected chi connectivity index (χ1v) is 11.3. The highest BCUT2D eigenvalue weighted by atomic mass is 79.9. The Morgan fingerprint density at radius 2 is 2.10 bits per heavy atom. The molecular formula is C20H24BrN5O2S. The van der Waals surface area contributed by atoms with E-state index < -0.39 is 0 Å². The molecule has 9 heteroatoms. The van der Waals surface area contributed by atoms with Crippen molar-refractivity contribution in [3.8, 4) is 11.4 Å². The van der Waals surface area contributed by atoms with Crippen LogP contribution < -0.4 is 5.32 Å². The maximum Gasteiger partial charge on any atom is 0.275 e. The van der Waals surface area contributed by atoms with E-state index in [-0.39, 0.29) is 12.5 Å². The van der Waals surface area contributed by atoms with Crippen LogP contribution in [0.1, 0.15) is 55.6 Å². The zero-order chi connectivity index (χ0) is 20.6. The lowest BCUT2D eigenvalue weighted by Crippen LogP contribution is -2.14. The number of nitrogens with one attached hydrogen (secondary N) is 1. The molecule has 0 radical (unpaired) electrons. The lowest BCUT2D eigenvalue weighted by atomic mass is 9.96. The summed E-state index contributed by atoms with van der Waals surface area (Å²) < 4.78 is 2.68. The van der Waals surface area contributed by atoms with Gasteiger partial charge in [-0.3, -0.25) is 14.5 Å². The molecule has 1 amide bonds. The average molecular weight is 478 g/mol. The fourth-order valence-corrected chi connectivity index (χ4v) is 4.24. The van der Waals surface area contributed by atoms with E-state index in [4.69, 9.17) is 10.2 Å². The first-order chi connectivity index (χ1) is 14.1. The van der Waals surface area contributed by atoms with E-state index in [9.17, 15) is 4.79 Å². The van der Waals surface area contributed by atoms with Crippen molar-refractivity contribution >= 4 is 38.9 Å². The van der Waals surface area contributed by atoms with E-state index in [0.29, 0.717) is 27.0 Å². The fraction of sp³-hybridized carbons (Fsp3) is 0.400. The quantitative estimate of drug-likeness (QED) is 0.555. The van der Waals surface area contributed by atoms with Crippen LogP contribution in [0, 0.1) is 0 Å². The van der Waals surface area contributed by atoms with E-state index in [1.165, 1.54) is 30.6 Å². The van der Waals surface area contributed by atoms with E-state index in [1.54, 1.807) is 18.5 Å². The molecule has 7 nitrogen and oxygen atoms in total. The average Bonchev–Trinajstić information content (AvgIpc) is 3.36. The normalized spacial score (nSPS) is 14.2. The first-order valence-electron chi connectivity index (χ1n) is 9.66. The Morgan fingerprint density at radius 1 is 1.34 bits per heavy atom. The molecule has 3 aromatic rings. The molecule has 0 spiro atoms. The third kappa shape index (κ3) is 5.71. The number of hydrogen-bond acceptors (Lipinski definition) is 6. The molecule has 0 aromatic carbocycles. The van der Waals surface area contributed by atoms with Crippen molar-refractivity contribution < 1.29 is 9.90 Å². The summed E-state index contributed by atoms with van der Waals surface area (Å²) in [4.78, 5) is 21.1. The third-order valence-electron chi connectivity index (χ3n) is 4.55. The van der Waals surface area contributed by atoms with Crippen molar-refractivity contribution in [2.24, 2.45) is 0 Å². The van der Waals surface area contributed by atoms with Crippen molar-refractivity contribution in [2.75, 3.05) is 11.9 Å². The molecule has 0 atom stereocenters. The van der Waals surface area contributed by atoms with Gasteiger partial charge in [-0.1, -0.05) is 25.3 Å². The minimum Gasteiger partial charge on any atom is -0.397 e. The van der Waals surface area contributed by atoms with Crippen LogP contribution in [0.3, 0.4) is 0 Å². The second-order valence-corrected chi connectivity index (χ2v) is 8.77. The summed E-state index contributed by atoms with van der Waals surface area (Å²) in [5, 5.41) is 17.0. The van der Waals surface area contributed by atoms with Crippen LogP contribution in [0.4, 0.5) is 5.69 Å². The summed E-state index contributed by atoms with van der Waals surface area (Å²) in [5.41, 5.74) is 2.50. The van der Waals surface area contributed by atoms with Gasteiger partial charge in [-0.25, -0.2) is 4.98 Å². The van der Waals surface area contributed by atoms with Crippen molar-refractivity contribution in [1.82, 2.24) is 19.7 Å². The number of carbonyl (C=O) groups excluding carboxylic acids is 1. The van der Waals surface area contributed by atoms with Gasteiger partial charge in [-0.15, -0.1) is 11.3 Å². The molecule has 4 rings (SSSR count). The first kappa shape index (κ1) is 21.6. The van der Waals surface area contributed by atoms with Crippen LogP contribution in [0.2, 0.25) is 0 Å². The Labute approximate surface area is 182 Å². The fourth-order valence-electron chi connectivity index (χ4n) is 3.25. The van der Waals surface area contributed by atoms with Gasteiger partial charge in [0.15, 0.2) is 3.92 Å². The van der Waals surface area contributed by atoms with Crippen molar-refractivity contribution in [1.29, 1.82) is 0 Å². The van der Waals surface area contributed by atoms with Gasteiger partial charge in [0.1, 0.15) is 11.4 Å². The molecule has 154 valence electrons.